The highest BCUT2D eigenvalue weighted by Crippen LogP contribution is 2.34. The van der Waals surface area contributed by atoms with Crippen molar-refractivity contribution in [2.75, 3.05) is 6.61 Å². The SMILES string of the molecule is CCOC(=O)C1=C(C)NC(=S)N[C@@H]1c1cc(Br)ccc1O. The zero-order chi connectivity index (χ0) is 15.6. The highest BCUT2D eigenvalue weighted by Gasteiger charge is 2.32. The summed E-state index contributed by atoms with van der Waals surface area (Å²) >= 11 is 8.50. The van der Waals surface area contributed by atoms with Crippen molar-refractivity contribution >= 4 is 39.2 Å². The molecule has 1 atom stereocenters. The quantitative estimate of drug-likeness (QED) is 0.560. The minimum atomic E-state index is -0.560. The molecular weight excluding hydrogens is 356 g/mol. The van der Waals surface area contributed by atoms with Crippen molar-refractivity contribution < 1.29 is 14.6 Å². The van der Waals surface area contributed by atoms with Gasteiger partial charge in [-0.25, -0.2) is 4.79 Å². The number of hydrogen-bond acceptors (Lipinski definition) is 4. The van der Waals surface area contributed by atoms with E-state index >= 15 is 0 Å². The number of phenols is 1. The van der Waals surface area contributed by atoms with Gasteiger partial charge in [0.25, 0.3) is 0 Å². The molecule has 1 heterocycles. The van der Waals surface area contributed by atoms with Crippen LogP contribution >= 0.6 is 28.1 Å². The van der Waals surface area contributed by atoms with Crippen LogP contribution in [0.4, 0.5) is 0 Å². The Hall–Kier alpha value is -1.60. The summed E-state index contributed by atoms with van der Waals surface area (Å²) in [4.78, 5) is 12.2. The van der Waals surface area contributed by atoms with Crippen LogP contribution in [0, 0.1) is 0 Å². The number of carbonyl (C=O) groups is 1. The fraction of sp³-hybridized carbons (Fsp3) is 0.286. The van der Waals surface area contributed by atoms with E-state index in [1.165, 1.54) is 0 Å². The fourth-order valence-electron chi connectivity index (χ4n) is 2.16. The number of allylic oxidation sites excluding steroid dienone is 1. The lowest BCUT2D eigenvalue weighted by Crippen LogP contribution is -2.45. The van der Waals surface area contributed by atoms with E-state index in [2.05, 4.69) is 26.6 Å². The first-order chi connectivity index (χ1) is 9.93. The van der Waals surface area contributed by atoms with Crippen LogP contribution in [0.15, 0.2) is 33.9 Å². The molecule has 0 aromatic heterocycles. The van der Waals surface area contributed by atoms with Gasteiger partial charge in [-0.2, -0.15) is 0 Å². The Kier molecular flexibility index (Phi) is 4.84. The second-order valence-electron chi connectivity index (χ2n) is 4.49. The summed E-state index contributed by atoms with van der Waals surface area (Å²) in [6.07, 6.45) is 0. The Bertz CT molecular complexity index is 631. The molecule has 0 amide bonds. The van der Waals surface area contributed by atoms with Crippen molar-refractivity contribution in [2.24, 2.45) is 0 Å². The van der Waals surface area contributed by atoms with E-state index < -0.39 is 12.0 Å². The van der Waals surface area contributed by atoms with Crippen molar-refractivity contribution in [2.45, 2.75) is 19.9 Å². The minimum Gasteiger partial charge on any atom is -0.508 e. The lowest BCUT2D eigenvalue weighted by molar-refractivity contribution is -0.139. The third kappa shape index (κ3) is 3.36. The van der Waals surface area contributed by atoms with Crippen LogP contribution in [0.5, 0.6) is 5.75 Å². The van der Waals surface area contributed by atoms with Gasteiger partial charge in [0, 0.05) is 15.7 Å². The summed E-state index contributed by atoms with van der Waals surface area (Å²) < 4.78 is 5.89. The summed E-state index contributed by atoms with van der Waals surface area (Å²) in [6.45, 7) is 3.77. The summed E-state index contributed by atoms with van der Waals surface area (Å²) in [5.41, 5.74) is 1.57. The molecule has 0 bridgehead atoms. The summed E-state index contributed by atoms with van der Waals surface area (Å²) in [6, 6.07) is 4.46. The molecule has 3 N–H and O–H groups in total. The molecule has 0 radical (unpaired) electrons. The number of ether oxygens (including phenoxy) is 1. The monoisotopic (exact) mass is 370 g/mol. The van der Waals surface area contributed by atoms with Crippen LogP contribution in [0.2, 0.25) is 0 Å². The van der Waals surface area contributed by atoms with E-state index in [9.17, 15) is 9.90 Å². The van der Waals surface area contributed by atoms with Gasteiger partial charge in [0.15, 0.2) is 5.11 Å². The molecule has 0 aliphatic carbocycles. The molecule has 0 saturated carbocycles. The summed E-state index contributed by atoms with van der Waals surface area (Å²) in [5.74, 6) is -0.364. The second-order valence-corrected chi connectivity index (χ2v) is 5.82. The topological polar surface area (TPSA) is 70.6 Å². The molecule has 1 aliphatic heterocycles. The molecular formula is C14H15BrN2O3S. The van der Waals surface area contributed by atoms with Gasteiger partial charge in [0.05, 0.1) is 18.2 Å². The van der Waals surface area contributed by atoms with Gasteiger partial charge in [0.1, 0.15) is 5.75 Å². The van der Waals surface area contributed by atoms with E-state index in [1.807, 2.05) is 0 Å². The van der Waals surface area contributed by atoms with Crippen molar-refractivity contribution in [1.82, 2.24) is 10.6 Å². The maximum Gasteiger partial charge on any atom is 0.338 e. The Balaban J connectivity index is 2.52. The molecule has 0 spiro atoms. The van der Waals surface area contributed by atoms with Crippen molar-refractivity contribution in [3.63, 3.8) is 0 Å². The Morgan fingerprint density at radius 2 is 2.24 bits per heavy atom. The number of rotatable bonds is 3. The predicted octanol–water partition coefficient (Wildman–Crippen LogP) is 2.51. The average Bonchev–Trinajstić information content (AvgIpc) is 2.40. The maximum atomic E-state index is 12.2. The number of aromatic hydroxyl groups is 1. The number of hydrogen-bond donors (Lipinski definition) is 3. The molecule has 1 aromatic rings. The number of halogens is 1. The zero-order valence-electron chi connectivity index (χ0n) is 11.6. The number of carbonyl (C=O) groups excluding carboxylic acids is 1. The van der Waals surface area contributed by atoms with Crippen molar-refractivity contribution in [1.29, 1.82) is 0 Å². The third-order valence-electron chi connectivity index (χ3n) is 3.07. The van der Waals surface area contributed by atoms with E-state index in [0.717, 1.165) is 4.47 Å². The van der Waals surface area contributed by atoms with Gasteiger partial charge in [-0.05, 0) is 44.3 Å². The molecule has 5 nitrogen and oxygen atoms in total. The molecule has 0 unspecified atom stereocenters. The molecule has 21 heavy (non-hydrogen) atoms. The molecule has 2 rings (SSSR count). The Labute approximate surface area is 136 Å². The van der Waals surface area contributed by atoms with Crippen LogP contribution in [0.1, 0.15) is 25.5 Å². The number of esters is 1. The maximum absolute atomic E-state index is 12.2. The highest BCUT2D eigenvalue weighted by molar-refractivity contribution is 9.10. The first kappa shape index (κ1) is 15.8. The first-order valence-electron chi connectivity index (χ1n) is 6.37. The van der Waals surface area contributed by atoms with Gasteiger partial charge in [-0.1, -0.05) is 15.9 Å². The van der Waals surface area contributed by atoms with Crippen molar-refractivity contribution in [3.05, 3.63) is 39.5 Å². The smallest absolute Gasteiger partial charge is 0.338 e. The number of phenolic OH excluding ortho intramolecular Hbond substituents is 1. The fourth-order valence-corrected chi connectivity index (χ4v) is 2.81. The van der Waals surface area contributed by atoms with Crippen LogP contribution in [0.25, 0.3) is 0 Å². The van der Waals surface area contributed by atoms with Crippen LogP contribution in [-0.2, 0) is 9.53 Å². The van der Waals surface area contributed by atoms with Gasteiger partial charge < -0.3 is 20.5 Å². The van der Waals surface area contributed by atoms with E-state index in [4.69, 9.17) is 17.0 Å². The van der Waals surface area contributed by atoms with Gasteiger partial charge in [-0.3, -0.25) is 0 Å². The van der Waals surface area contributed by atoms with Crippen LogP contribution in [-0.4, -0.2) is 22.8 Å². The highest BCUT2D eigenvalue weighted by atomic mass is 79.9. The van der Waals surface area contributed by atoms with Gasteiger partial charge in [-0.15, -0.1) is 0 Å². The molecule has 0 fully saturated rings. The normalized spacial score (nSPS) is 18.0. The number of thiocarbonyl (C=S) groups is 1. The standard InChI is InChI=1S/C14H15BrN2O3S/c1-3-20-13(19)11-7(2)16-14(21)17-12(11)9-6-8(15)4-5-10(9)18/h4-6,12,18H,3H2,1-2H3,(H2,16,17,21)/t12-/m1/s1. The zero-order valence-corrected chi connectivity index (χ0v) is 14.0. The third-order valence-corrected chi connectivity index (χ3v) is 3.78. The first-order valence-corrected chi connectivity index (χ1v) is 7.58. The number of benzene rings is 1. The van der Waals surface area contributed by atoms with Gasteiger partial charge in [0.2, 0.25) is 0 Å². The largest absolute Gasteiger partial charge is 0.508 e. The molecule has 1 aliphatic rings. The minimum absolute atomic E-state index is 0.0787. The molecule has 0 saturated heterocycles. The Morgan fingerprint density at radius 3 is 2.90 bits per heavy atom. The Morgan fingerprint density at radius 1 is 1.52 bits per heavy atom. The molecule has 112 valence electrons. The molecule has 1 aromatic carbocycles. The lowest BCUT2D eigenvalue weighted by atomic mass is 9.95. The summed E-state index contributed by atoms with van der Waals surface area (Å²) in [7, 11) is 0. The lowest BCUT2D eigenvalue weighted by Gasteiger charge is -2.30. The summed E-state index contributed by atoms with van der Waals surface area (Å²) in [5, 5.41) is 16.4. The number of nitrogens with one attached hydrogen (secondary N) is 2. The van der Waals surface area contributed by atoms with Crippen LogP contribution < -0.4 is 10.6 Å². The van der Waals surface area contributed by atoms with Gasteiger partial charge >= 0.3 is 5.97 Å². The van der Waals surface area contributed by atoms with Crippen LogP contribution in [0.3, 0.4) is 0 Å². The van der Waals surface area contributed by atoms with Crippen molar-refractivity contribution in [3.8, 4) is 5.75 Å². The van der Waals surface area contributed by atoms with E-state index in [0.29, 0.717) is 21.9 Å². The average molecular weight is 371 g/mol. The molecule has 7 heteroatoms. The van der Waals surface area contributed by atoms with E-state index in [-0.39, 0.29) is 12.4 Å². The predicted molar refractivity (Wildman–Crippen MR) is 86.8 cm³/mol. The second kappa shape index (κ2) is 6.44. The van der Waals surface area contributed by atoms with E-state index in [1.54, 1.807) is 32.0 Å².